The molecule has 0 saturated carbocycles. The molecule has 0 aliphatic carbocycles. The van der Waals surface area contributed by atoms with Gasteiger partial charge < -0.3 is 5.32 Å². The van der Waals surface area contributed by atoms with Gasteiger partial charge in [0.25, 0.3) is 0 Å². The van der Waals surface area contributed by atoms with Crippen LogP contribution >= 0.6 is 0 Å². The van der Waals surface area contributed by atoms with Gasteiger partial charge in [-0.15, -0.1) is 0 Å². The van der Waals surface area contributed by atoms with Crippen LogP contribution in [0.5, 0.6) is 0 Å². The minimum atomic E-state index is -4.52. The molecule has 4 aromatic rings. The summed E-state index contributed by atoms with van der Waals surface area (Å²) in [5.41, 5.74) is 3.11. The number of para-hydroxylation sites is 2. The molecule has 0 bridgehead atoms. The third kappa shape index (κ3) is 5.54. The number of alkyl halides is 3. The van der Waals surface area contributed by atoms with Crippen LogP contribution in [0.3, 0.4) is 0 Å². The number of piperazine rings is 1. The Bertz CT molecular complexity index is 1610. The van der Waals surface area contributed by atoms with Crippen molar-refractivity contribution in [2.24, 2.45) is 0 Å². The number of hydrogen-bond acceptors (Lipinski definition) is 6. The second-order valence-corrected chi connectivity index (χ2v) is 11.9. The van der Waals surface area contributed by atoms with Crippen molar-refractivity contribution in [2.75, 3.05) is 31.5 Å². The van der Waals surface area contributed by atoms with Crippen molar-refractivity contribution in [3.8, 4) is 0 Å². The van der Waals surface area contributed by atoms with Gasteiger partial charge in [0.2, 0.25) is 10.0 Å². The molecule has 2 heterocycles. The van der Waals surface area contributed by atoms with Crippen LogP contribution in [-0.4, -0.2) is 53.8 Å². The van der Waals surface area contributed by atoms with Crippen molar-refractivity contribution in [1.29, 1.82) is 0 Å². The second kappa shape index (κ2) is 10.8. The summed E-state index contributed by atoms with van der Waals surface area (Å²) < 4.78 is 66.2. The maximum atomic E-state index is 13.1. The fourth-order valence-corrected chi connectivity index (χ4v) is 6.39. The lowest BCUT2D eigenvalue weighted by molar-refractivity contribution is -0.137. The largest absolute Gasteiger partial charge is 0.416 e. The van der Waals surface area contributed by atoms with Crippen molar-refractivity contribution in [1.82, 2.24) is 19.2 Å². The van der Waals surface area contributed by atoms with E-state index in [2.05, 4.69) is 10.2 Å². The fourth-order valence-electron chi connectivity index (χ4n) is 4.97. The van der Waals surface area contributed by atoms with Gasteiger partial charge in [-0.1, -0.05) is 30.3 Å². The van der Waals surface area contributed by atoms with Gasteiger partial charge in [-0.25, -0.2) is 18.4 Å². The number of aryl methyl sites for hydroxylation is 2. The summed E-state index contributed by atoms with van der Waals surface area (Å²) in [5.74, 6) is 1.32. The van der Waals surface area contributed by atoms with Gasteiger partial charge in [-0.05, 0) is 68.3 Å². The Kier molecular flexibility index (Phi) is 7.56. The zero-order chi connectivity index (χ0) is 28.7. The van der Waals surface area contributed by atoms with E-state index in [1.54, 1.807) is 0 Å². The topological polar surface area (TPSA) is 78.4 Å². The van der Waals surface area contributed by atoms with Crippen molar-refractivity contribution in [3.63, 3.8) is 0 Å². The molecule has 11 heteroatoms. The monoisotopic (exact) mass is 569 g/mol. The van der Waals surface area contributed by atoms with Crippen LogP contribution in [0.15, 0.2) is 71.6 Å². The van der Waals surface area contributed by atoms with Gasteiger partial charge in [-0.3, -0.25) is 4.90 Å². The first kappa shape index (κ1) is 28.0. The Morgan fingerprint density at radius 1 is 0.850 bits per heavy atom. The van der Waals surface area contributed by atoms with Crippen LogP contribution in [0.1, 0.15) is 35.5 Å². The Morgan fingerprint density at radius 2 is 1.48 bits per heavy atom. The molecule has 1 aliphatic rings. The number of halogens is 3. The summed E-state index contributed by atoms with van der Waals surface area (Å²) in [6, 6.07) is 17.3. The highest BCUT2D eigenvalue weighted by Gasteiger charge is 2.33. The molecule has 0 amide bonds. The number of fused-ring (bicyclic) bond motifs is 1. The quantitative estimate of drug-likeness (QED) is 0.304. The number of nitrogens with one attached hydrogen (secondary N) is 1. The zero-order valence-corrected chi connectivity index (χ0v) is 23.2. The number of rotatable bonds is 6. The van der Waals surface area contributed by atoms with E-state index >= 15 is 0 Å². The van der Waals surface area contributed by atoms with Crippen molar-refractivity contribution < 1.29 is 21.6 Å². The predicted octanol–water partition coefficient (Wildman–Crippen LogP) is 6.08. The van der Waals surface area contributed by atoms with Gasteiger partial charge in [0.05, 0.1) is 22.0 Å². The zero-order valence-electron chi connectivity index (χ0n) is 22.4. The number of nitrogens with zero attached hydrogens (tertiary/aromatic N) is 4. The number of aromatic nitrogens is 2. The van der Waals surface area contributed by atoms with Gasteiger partial charge in [0, 0.05) is 37.3 Å². The summed E-state index contributed by atoms with van der Waals surface area (Å²) in [6.07, 6.45) is -4.52. The van der Waals surface area contributed by atoms with E-state index in [0.717, 1.165) is 52.0 Å². The number of sulfonamides is 1. The molecule has 40 heavy (non-hydrogen) atoms. The van der Waals surface area contributed by atoms with E-state index in [0.29, 0.717) is 24.7 Å². The Balaban J connectivity index is 1.35. The molecule has 1 fully saturated rings. The van der Waals surface area contributed by atoms with Gasteiger partial charge in [0.1, 0.15) is 11.6 Å². The molecule has 0 radical (unpaired) electrons. The first-order valence-corrected chi connectivity index (χ1v) is 14.4. The molecule has 1 atom stereocenters. The lowest BCUT2D eigenvalue weighted by Gasteiger charge is -2.37. The molecule has 1 saturated heterocycles. The molecular weight excluding hydrogens is 539 g/mol. The molecule has 0 spiro atoms. The lowest BCUT2D eigenvalue weighted by atomic mass is 10.1. The summed E-state index contributed by atoms with van der Waals surface area (Å²) in [4.78, 5) is 11.7. The summed E-state index contributed by atoms with van der Waals surface area (Å²) in [5, 5.41) is 4.41. The Hall–Kier alpha value is -3.54. The van der Waals surface area contributed by atoms with Crippen molar-refractivity contribution in [3.05, 3.63) is 89.2 Å². The highest BCUT2D eigenvalue weighted by atomic mass is 32.2. The average Bonchev–Trinajstić information content (AvgIpc) is 2.94. The molecule has 5 rings (SSSR count). The first-order valence-electron chi connectivity index (χ1n) is 13.0. The van der Waals surface area contributed by atoms with Crippen LogP contribution in [0.25, 0.3) is 10.9 Å². The van der Waals surface area contributed by atoms with Crippen LogP contribution < -0.4 is 5.32 Å². The molecule has 1 aliphatic heterocycles. The SMILES string of the molecule is Cc1cccc(C)c1Nc1nc([C@@H](C)N2CCN(S(=O)(=O)c3ccc(C(F)(F)F)cc3)CC2)nc2ccccc12. The number of hydrogen-bond donors (Lipinski definition) is 1. The summed E-state index contributed by atoms with van der Waals surface area (Å²) in [7, 11) is -3.92. The van der Waals surface area contributed by atoms with Crippen LogP contribution in [0, 0.1) is 13.8 Å². The van der Waals surface area contributed by atoms with E-state index in [1.165, 1.54) is 4.31 Å². The van der Waals surface area contributed by atoms with Crippen molar-refractivity contribution >= 4 is 32.4 Å². The molecule has 3 aromatic carbocycles. The Labute approximate surface area is 231 Å². The molecule has 1 N–H and O–H groups in total. The van der Waals surface area contributed by atoms with Crippen LogP contribution in [0.4, 0.5) is 24.7 Å². The highest BCUT2D eigenvalue weighted by molar-refractivity contribution is 7.89. The molecule has 1 aromatic heterocycles. The molecule has 0 unspecified atom stereocenters. The van der Waals surface area contributed by atoms with E-state index in [4.69, 9.17) is 9.97 Å². The van der Waals surface area contributed by atoms with Gasteiger partial charge in [-0.2, -0.15) is 17.5 Å². The number of anilines is 2. The predicted molar refractivity (Wildman–Crippen MR) is 149 cm³/mol. The second-order valence-electron chi connectivity index (χ2n) is 9.98. The van der Waals surface area contributed by atoms with Crippen molar-refractivity contribution in [2.45, 2.75) is 37.9 Å². The lowest BCUT2D eigenvalue weighted by Crippen LogP contribution is -2.49. The van der Waals surface area contributed by atoms with Crippen LogP contribution in [-0.2, 0) is 16.2 Å². The highest BCUT2D eigenvalue weighted by Crippen LogP contribution is 2.32. The fraction of sp³-hybridized carbons (Fsp3) is 0.310. The average molecular weight is 570 g/mol. The molecule has 210 valence electrons. The first-order chi connectivity index (χ1) is 18.9. The summed E-state index contributed by atoms with van der Waals surface area (Å²) in [6.45, 7) is 7.34. The third-order valence-corrected chi connectivity index (χ3v) is 9.27. The summed E-state index contributed by atoms with van der Waals surface area (Å²) >= 11 is 0. The van der Waals surface area contributed by atoms with Crippen LogP contribution in [0.2, 0.25) is 0 Å². The standard InChI is InChI=1S/C29H30F3N5O2S/c1-19-7-6-8-20(2)26(19)34-28-24-9-4-5-10-25(24)33-27(35-28)21(3)36-15-17-37(18-16-36)40(38,39)23-13-11-22(12-14-23)29(30,31)32/h4-14,21H,15-18H2,1-3H3,(H,33,34,35)/t21-/m1/s1. The smallest absolute Gasteiger partial charge is 0.339 e. The third-order valence-electron chi connectivity index (χ3n) is 7.36. The molecular formula is C29H30F3N5O2S. The molecule has 7 nitrogen and oxygen atoms in total. The maximum Gasteiger partial charge on any atom is 0.416 e. The Morgan fingerprint density at radius 3 is 2.10 bits per heavy atom. The number of benzene rings is 3. The van der Waals surface area contributed by atoms with E-state index < -0.39 is 21.8 Å². The van der Waals surface area contributed by atoms with Gasteiger partial charge >= 0.3 is 6.18 Å². The maximum absolute atomic E-state index is 13.1. The normalized spacial score (nSPS) is 16.2. The van der Waals surface area contributed by atoms with E-state index in [9.17, 15) is 21.6 Å². The van der Waals surface area contributed by atoms with Gasteiger partial charge in [0.15, 0.2) is 0 Å². The van der Waals surface area contributed by atoms with E-state index in [1.807, 2.05) is 63.2 Å². The van der Waals surface area contributed by atoms with E-state index in [-0.39, 0.29) is 24.0 Å². The minimum Gasteiger partial charge on any atom is -0.339 e. The minimum absolute atomic E-state index is 0.151.